The number of carbonyl (C=O) groups is 2. The molecule has 3 N–H and O–H groups in total. The summed E-state index contributed by atoms with van der Waals surface area (Å²) in [7, 11) is 1.50. The highest BCUT2D eigenvalue weighted by atomic mass is 16.6. The molecule has 0 saturated carbocycles. The third-order valence-electron chi connectivity index (χ3n) is 4.55. The molecule has 2 aromatic heterocycles. The van der Waals surface area contributed by atoms with Gasteiger partial charge in [-0.1, -0.05) is 6.08 Å². The molecule has 9 nitrogen and oxygen atoms in total. The van der Waals surface area contributed by atoms with Crippen molar-refractivity contribution in [2.45, 2.75) is 50.9 Å². The number of amides is 2. The van der Waals surface area contributed by atoms with Crippen LogP contribution in [-0.4, -0.2) is 51.4 Å². The zero-order chi connectivity index (χ0) is 21.9. The molecular formula is C21H26N4O5. The van der Waals surface area contributed by atoms with Crippen LogP contribution in [0.25, 0.3) is 11.0 Å². The van der Waals surface area contributed by atoms with E-state index in [4.69, 9.17) is 9.47 Å². The first kappa shape index (κ1) is 21.5. The SMILES string of the molecule is COc1ccc2nccc(NC(=O)C3(O)C=CC(NC(=O)OC(C)(C)C)CC3)c2n1. The standard InChI is InChI=1S/C21H26N4O5/c1-20(2,3)30-19(27)23-13-7-10-21(28,11-8-13)18(26)24-15-9-12-22-14-5-6-16(29-4)25-17(14)15/h5-7,9-10,12-13,28H,8,11H2,1-4H3,(H,23,27)(H,22,24,26). The molecule has 2 atom stereocenters. The Morgan fingerprint density at radius 2 is 2.03 bits per heavy atom. The van der Waals surface area contributed by atoms with Crippen molar-refractivity contribution in [3.63, 3.8) is 0 Å². The lowest BCUT2D eigenvalue weighted by molar-refractivity contribution is -0.130. The van der Waals surface area contributed by atoms with E-state index in [1.165, 1.54) is 13.2 Å². The number of rotatable bonds is 4. The Morgan fingerprint density at radius 1 is 1.27 bits per heavy atom. The molecule has 0 bridgehead atoms. The first-order valence-corrected chi connectivity index (χ1v) is 9.62. The van der Waals surface area contributed by atoms with Gasteiger partial charge in [-0.2, -0.15) is 0 Å². The summed E-state index contributed by atoms with van der Waals surface area (Å²) in [5.41, 5.74) is -0.854. The van der Waals surface area contributed by atoms with Gasteiger partial charge < -0.3 is 25.2 Å². The summed E-state index contributed by atoms with van der Waals surface area (Å²) in [6.07, 6.45) is 4.51. The van der Waals surface area contributed by atoms with Gasteiger partial charge in [-0.25, -0.2) is 9.78 Å². The number of carbonyl (C=O) groups excluding carboxylic acids is 2. The van der Waals surface area contributed by atoms with Gasteiger partial charge in [0.1, 0.15) is 11.1 Å². The van der Waals surface area contributed by atoms with Crippen LogP contribution in [0.2, 0.25) is 0 Å². The third-order valence-corrected chi connectivity index (χ3v) is 4.55. The number of pyridine rings is 2. The second-order valence-electron chi connectivity index (χ2n) is 8.11. The lowest BCUT2D eigenvalue weighted by Gasteiger charge is -2.30. The summed E-state index contributed by atoms with van der Waals surface area (Å²) < 4.78 is 10.4. The number of alkyl carbamates (subject to hydrolysis) is 1. The molecule has 1 aliphatic rings. The summed E-state index contributed by atoms with van der Waals surface area (Å²) in [6, 6.07) is 4.69. The molecule has 1 aliphatic carbocycles. The van der Waals surface area contributed by atoms with E-state index in [0.29, 0.717) is 29.0 Å². The average Bonchev–Trinajstić information content (AvgIpc) is 2.68. The Hall–Kier alpha value is -3.20. The Balaban J connectivity index is 1.71. The molecule has 2 heterocycles. The maximum absolute atomic E-state index is 12.8. The Labute approximate surface area is 174 Å². The zero-order valence-electron chi connectivity index (χ0n) is 17.4. The molecule has 30 heavy (non-hydrogen) atoms. The molecule has 0 aliphatic heterocycles. The van der Waals surface area contributed by atoms with E-state index < -0.39 is 23.2 Å². The minimum atomic E-state index is -1.71. The van der Waals surface area contributed by atoms with Crippen LogP contribution in [0.5, 0.6) is 5.88 Å². The van der Waals surface area contributed by atoms with Gasteiger partial charge in [0, 0.05) is 12.3 Å². The molecule has 9 heteroatoms. The number of fused-ring (bicyclic) bond motifs is 1. The summed E-state index contributed by atoms with van der Waals surface area (Å²) in [6.45, 7) is 5.33. The topological polar surface area (TPSA) is 123 Å². The molecule has 2 amide bonds. The second kappa shape index (κ2) is 8.27. The van der Waals surface area contributed by atoms with Crippen molar-refractivity contribution >= 4 is 28.7 Å². The van der Waals surface area contributed by atoms with E-state index >= 15 is 0 Å². The highest BCUT2D eigenvalue weighted by Gasteiger charge is 2.37. The number of hydrogen-bond donors (Lipinski definition) is 3. The number of ether oxygens (including phenoxy) is 2. The molecular weight excluding hydrogens is 388 g/mol. The van der Waals surface area contributed by atoms with Crippen LogP contribution < -0.4 is 15.4 Å². The van der Waals surface area contributed by atoms with Crippen LogP contribution in [0.15, 0.2) is 36.5 Å². The number of nitrogens with one attached hydrogen (secondary N) is 2. The van der Waals surface area contributed by atoms with Crippen LogP contribution in [0, 0.1) is 0 Å². The molecule has 0 saturated heterocycles. The van der Waals surface area contributed by atoms with Crippen molar-refractivity contribution in [3.05, 3.63) is 36.5 Å². The monoisotopic (exact) mass is 414 g/mol. The normalized spacial score (nSPS) is 21.2. The molecule has 160 valence electrons. The van der Waals surface area contributed by atoms with Crippen LogP contribution >= 0.6 is 0 Å². The molecule has 2 aromatic rings. The minimum absolute atomic E-state index is 0.134. The molecule has 2 unspecified atom stereocenters. The van der Waals surface area contributed by atoms with Crippen molar-refractivity contribution in [2.75, 3.05) is 12.4 Å². The number of hydrogen-bond acceptors (Lipinski definition) is 7. The highest BCUT2D eigenvalue weighted by molar-refractivity contribution is 6.03. The van der Waals surface area contributed by atoms with Gasteiger partial charge in [0.2, 0.25) is 5.88 Å². The Kier molecular flexibility index (Phi) is 5.93. The van der Waals surface area contributed by atoms with Gasteiger partial charge in [-0.15, -0.1) is 0 Å². The lowest BCUT2D eigenvalue weighted by Crippen LogP contribution is -2.47. The molecule has 0 radical (unpaired) electrons. The van der Waals surface area contributed by atoms with Crippen LogP contribution in [0.3, 0.4) is 0 Å². The number of aliphatic hydroxyl groups is 1. The highest BCUT2D eigenvalue weighted by Crippen LogP contribution is 2.27. The van der Waals surface area contributed by atoms with E-state index in [9.17, 15) is 14.7 Å². The van der Waals surface area contributed by atoms with Gasteiger partial charge in [0.25, 0.3) is 5.91 Å². The van der Waals surface area contributed by atoms with E-state index in [1.54, 1.807) is 51.2 Å². The Morgan fingerprint density at radius 3 is 2.67 bits per heavy atom. The number of aromatic nitrogens is 2. The van der Waals surface area contributed by atoms with Gasteiger partial charge in [-0.05, 0) is 51.8 Å². The van der Waals surface area contributed by atoms with Gasteiger partial charge >= 0.3 is 6.09 Å². The fourth-order valence-corrected chi connectivity index (χ4v) is 3.05. The van der Waals surface area contributed by atoms with Crippen molar-refractivity contribution < 1.29 is 24.2 Å². The summed E-state index contributed by atoms with van der Waals surface area (Å²) in [4.78, 5) is 33.3. The molecule has 0 aromatic carbocycles. The van der Waals surface area contributed by atoms with Crippen molar-refractivity contribution in [1.82, 2.24) is 15.3 Å². The Bertz CT molecular complexity index is 985. The number of methoxy groups -OCH3 is 1. The lowest BCUT2D eigenvalue weighted by atomic mass is 9.88. The largest absolute Gasteiger partial charge is 0.481 e. The fraction of sp³-hybridized carbons (Fsp3) is 0.429. The average molecular weight is 414 g/mol. The second-order valence-corrected chi connectivity index (χ2v) is 8.11. The van der Waals surface area contributed by atoms with Gasteiger partial charge in [0.15, 0.2) is 5.60 Å². The molecule has 0 spiro atoms. The van der Waals surface area contributed by atoms with Crippen molar-refractivity contribution in [1.29, 1.82) is 0 Å². The quantitative estimate of drug-likeness (QED) is 0.657. The maximum Gasteiger partial charge on any atom is 0.408 e. The minimum Gasteiger partial charge on any atom is -0.481 e. The summed E-state index contributed by atoms with van der Waals surface area (Å²) >= 11 is 0. The third kappa shape index (κ3) is 5.04. The van der Waals surface area contributed by atoms with Crippen molar-refractivity contribution in [2.24, 2.45) is 0 Å². The van der Waals surface area contributed by atoms with Crippen LogP contribution in [-0.2, 0) is 9.53 Å². The van der Waals surface area contributed by atoms with E-state index in [2.05, 4.69) is 20.6 Å². The zero-order valence-corrected chi connectivity index (χ0v) is 17.4. The summed E-state index contributed by atoms with van der Waals surface area (Å²) in [5, 5.41) is 16.2. The van der Waals surface area contributed by atoms with Crippen LogP contribution in [0.4, 0.5) is 10.5 Å². The number of anilines is 1. The fourth-order valence-electron chi connectivity index (χ4n) is 3.05. The predicted molar refractivity (Wildman–Crippen MR) is 111 cm³/mol. The van der Waals surface area contributed by atoms with E-state index in [-0.39, 0.29) is 12.5 Å². The first-order valence-electron chi connectivity index (χ1n) is 9.62. The van der Waals surface area contributed by atoms with Crippen molar-refractivity contribution in [3.8, 4) is 5.88 Å². The van der Waals surface area contributed by atoms with Gasteiger partial charge in [0.05, 0.1) is 24.4 Å². The van der Waals surface area contributed by atoms with E-state index in [1.807, 2.05) is 0 Å². The van der Waals surface area contributed by atoms with E-state index in [0.717, 1.165) is 0 Å². The first-order chi connectivity index (χ1) is 14.1. The number of nitrogens with zero attached hydrogens (tertiary/aromatic N) is 2. The maximum atomic E-state index is 12.8. The predicted octanol–water partition coefficient (Wildman–Crippen LogP) is 2.55. The molecule has 0 fully saturated rings. The molecule has 3 rings (SSSR count). The van der Waals surface area contributed by atoms with Crippen LogP contribution in [0.1, 0.15) is 33.6 Å². The summed E-state index contributed by atoms with van der Waals surface area (Å²) in [5.74, 6) is -0.204. The smallest absolute Gasteiger partial charge is 0.408 e. The van der Waals surface area contributed by atoms with Gasteiger partial charge in [-0.3, -0.25) is 9.78 Å².